The summed E-state index contributed by atoms with van der Waals surface area (Å²) in [6.45, 7) is 9.89. The third-order valence-electron chi connectivity index (χ3n) is 6.77. The van der Waals surface area contributed by atoms with Crippen molar-refractivity contribution in [3.63, 3.8) is 0 Å². The first-order valence-electron chi connectivity index (χ1n) is 14.1. The number of carbonyl (C=O) groups excluding carboxylic acids is 2. The van der Waals surface area contributed by atoms with E-state index >= 15 is 0 Å². The SMILES string of the molecule is CCC(c1nn2cccc2c(=O)n1Cc1cccc(F)c1)N(CCCNC(=O)OC(C)(C)C)C(=O)c1ccc(C)cc1. The first kappa shape index (κ1) is 30.5. The fourth-order valence-corrected chi connectivity index (χ4v) is 4.81. The molecule has 2 amide bonds. The molecule has 0 bridgehead atoms. The molecule has 9 nitrogen and oxygen atoms in total. The molecule has 1 N–H and O–H groups in total. The van der Waals surface area contributed by atoms with Gasteiger partial charge in [0.05, 0.1) is 12.6 Å². The molecule has 4 aromatic rings. The fourth-order valence-electron chi connectivity index (χ4n) is 4.81. The lowest BCUT2D eigenvalue weighted by atomic mass is 10.1. The second-order valence-electron chi connectivity index (χ2n) is 11.3. The molecule has 0 spiro atoms. The van der Waals surface area contributed by atoms with Gasteiger partial charge in [0.15, 0.2) is 5.82 Å². The number of benzene rings is 2. The Morgan fingerprint density at radius 2 is 1.83 bits per heavy atom. The summed E-state index contributed by atoms with van der Waals surface area (Å²) < 4.78 is 22.4. The van der Waals surface area contributed by atoms with E-state index < -0.39 is 23.6 Å². The van der Waals surface area contributed by atoms with Crippen LogP contribution >= 0.6 is 0 Å². The van der Waals surface area contributed by atoms with Crippen molar-refractivity contribution in [1.29, 1.82) is 0 Å². The average Bonchev–Trinajstić information content (AvgIpc) is 3.40. The minimum Gasteiger partial charge on any atom is -0.444 e. The van der Waals surface area contributed by atoms with E-state index in [0.29, 0.717) is 35.3 Å². The van der Waals surface area contributed by atoms with Crippen LogP contribution in [0.15, 0.2) is 71.7 Å². The lowest BCUT2D eigenvalue weighted by molar-refractivity contribution is 0.0523. The number of nitrogens with one attached hydrogen (secondary N) is 1. The number of alkyl carbamates (subject to hydrolysis) is 1. The number of aromatic nitrogens is 3. The number of aryl methyl sites for hydroxylation is 1. The quantitative estimate of drug-likeness (QED) is 0.252. The van der Waals surface area contributed by atoms with E-state index in [4.69, 9.17) is 9.84 Å². The van der Waals surface area contributed by atoms with Gasteiger partial charge in [-0.2, -0.15) is 5.10 Å². The molecule has 222 valence electrons. The summed E-state index contributed by atoms with van der Waals surface area (Å²) in [5.74, 6) is -0.242. The van der Waals surface area contributed by atoms with E-state index in [2.05, 4.69) is 5.32 Å². The van der Waals surface area contributed by atoms with Gasteiger partial charge in [0.2, 0.25) is 0 Å². The summed E-state index contributed by atoms with van der Waals surface area (Å²) in [7, 11) is 0. The second kappa shape index (κ2) is 13.0. The number of hydrogen-bond acceptors (Lipinski definition) is 5. The van der Waals surface area contributed by atoms with Crippen LogP contribution in [0.1, 0.15) is 73.9 Å². The third-order valence-corrected chi connectivity index (χ3v) is 6.77. The Bertz CT molecular complexity index is 1600. The van der Waals surface area contributed by atoms with Gasteiger partial charge in [-0.15, -0.1) is 0 Å². The van der Waals surface area contributed by atoms with E-state index in [1.807, 2.05) is 26.0 Å². The van der Waals surface area contributed by atoms with E-state index in [-0.39, 0.29) is 31.1 Å². The monoisotopic (exact) mass is 575 g/mol. The molecule has 0 aliphatic rings. The Kier molecular flexibility index (Phi) is 9.45. The zero-order valence-corrected chi connectivity index (χ0v) is 24.8. The van der Waals surface area contributed by atoms with Crippen LogP contribution in [-0.2, 0) is 11.3 Å². The lowest BCUT2D eigenvalue weighted by Gasteiger charge is -2.32. The van der Waals surface area contributed by atoms with Crippen molar-refractivity contribution in [3.8, 4) is 0 Å². The number of halogens is 1. The highest BCUT2D eigenvalue weighted by Crippen LogP contribution is 2.26. The summed E-state index contributed by atoms with van der Waals surface area (Å²) in [4.78, 5) is 41.6. The Labute approximate surface area is 244 Å². The van der Waals surface area contributed by atoms with Crippen LogP contribution < -0.4 is 10.9 Å². The topological polar surface area (TPSA) is 97.9 Å². The van der Waals surface area contributed by atoms with Crippen LogP contribution in [0.5, 0.6) is 0 Å². The molecular formula is C32H38FN5O4. The van der Waals surface area contributed by atoms with Gasteiger partial charge in [0, 0.05) is 24.8 Å². The molecule has 2 heterocycles. The predicted molar refractivity (Wildman–Crippen MR) is 159 cm³/mol. The molecule has 4 rings (SSSR count). The molecule has 10 heteroatoms. The maximum absolute atomic E-state index is 14.1. The maximum atomic E-state index is 14.1. The molecule has 0 aliphatic carbocycles. The van der Waals surface area contributed by atoms with Gasteiger partial charge in [0.25, 0.3) is 11.5 Å². The largest absolute Gasteiger partial charge is 0.444 e. The van der Waals surface area contributed by atoms with Crippen molar-refractivity contribution in [2.24, 2.45) is 0 Å². The zero-order chi connectivity index (χ0) is 30.4. The number of hydrogen-bond donors (Lipinski definition) is 1. The van der Waals surface area contributed by atoms with E-state index in [0.717, 1.165) is 5.56 Å². The van der Waals surface area contributed by atoms with Gasteiger partial charge in [-0.3, -0.25) is 14.2 Å². The van der Waals surface area contributed by atoms with Crippen LogP contribution in [0.4, 0.5) is 9.18 Å². The summed E-state index contributed by atoms with van der Waals surface area (Å²) >= 11 is 0. The fraction of sp³-hybridized carbons (Fsp3) is 0.375. The Hall–Kier alpha value is -4.47. The maximum Gasteiger partial charge on any atom is 0.407 e. The lowest BCUT2D eigenvalue weighted by Crippen LogP contribution is -2.41. The number of amides is 2. The van der Waals surface area contributed by atoms with Crippen molar-refractivity contribution < 1.29 is 18.7 Å². The summed E-state index contributed by atoms with van der Waals surface area (Å²) in [6.07, 6.45) is 2.05. The van der Waals surface area contributed by atoms with Gasteiger partial charge < -0.3 is 15.0 Å². The van der Waals surface area contributed by atoms with Crippen LogP contribution in [0.2, 0.25) is 0 Å². The molecule has 0 fully saturated rings. The highest BCUT2D eigenvalue weighted by atomic mass is 19.1. The molecule has 42 heavy (non-hydrogen) atoms. The summed E-state index contributed by atoms with van der Waals surface area (Å²) in [5.41, 5.74) is 1.59. The normalized spacial score (nSPS) is 12.2. The summed E-state index contributed by atoms with van der Waals surface area (Å²) in [5, 5.41) is 7.54. The van der Waals surface area contributed by atoms with E-state index in [9.17, 15) is 18.8 Å². The number of rotatable bonds is 10. The molecular weight excluding hydrogens is 537 g/mol. The van der Waals surface area contributed by atoms with Gasteiger partial charge in [-0.25, -0.2) is 13.7 Å². The average molecular weight is 576 g/mol. The highest BCUT2D eigenvalue weighted by molar-refractivity contribution is 5.94. The highest BCUT2D eigenvalue weighted by Gasteiger charge is 2.30. The van der Waals surface area contributed by atoms with Crippen LogP contribution in [0, 0.1) is 12.7 Å². The Morgan fingerprint density at radius 3 is 2.50 bits per heavy atom. The first-order valence-corrected chi connectivity index (χ1v) is 14.1. The van der Waals surface area contributed by atoms with Crippen LogP contribution in [0.25, 0.3) is 5.52 Å². The molecule has 2 aromatic heterocycles. The van der Waals surface area contributed by atoms with Crippen LogP contribution in [-0.4, -0.2) is 49.8 Å². The van der Waals surface area contributed by atoms with Crippen molar-refractivity contribution in [2.45, 2.75) is 65.6 Å². The minimum absolute atomic E-state index is 0.0872. The number of fused-ring (bicyclic) bond motifs is 1. The molecule has 0 saturated carbocycles. The Balaban J connectivity index is 1.72. The van der Waals surface area contributed by atoms with Gasteiger partial charge in [-0.05, 0) is 82.5 Å². The van der Waals surface area contributed by atoms with Gasteiger partial charge >= 0.3 is 6.09 Å². The van der Waals surface area contributed by atoms with E-state index in [1.165, 1.54) is 21.2 Å². The van der Waals surface area contributed by atoms with Crippen molar-refractivity contribution in [2.75, 3.05) is 13.1 Å². The molecule has 0 aliphatic heterocycles. The number of carbonyl (C=O) groups is 2. The molecule has 1 unspecified atom stereocenters. The summed E-state index contributed by atoms with van der Waals surface area (Å²) in [6, 6.07) is 16.2. The first-order chi connectivity index (χ1) is 20.0. The molecule has 0 saturated heterocycles. The number of ether oxygens (including phenoxy) is 1. The van der Waals surface area contributed by atoms with Gasteiger partial charge in [0.1, 0.15) is 16.9 Å². The van der Waals surface area contributed by atoms with Gasteiger partial charge in [-0.1, -0.05) is 36.8 Å². The van der Waals surface area contributed by atoms with E-state index in [1.54, 1.807) is 68.3 Å². The standard InChI is InChI=1S/C32H38FN5O4/c1-6-26(28-35-38-19-8-12-27(38)30(40)37(28)21-23-10-7-11-25(33)20-23)36(29(39)24-15-13-22(2)14-16-24)18-9-17-34-31(41)42-32(3,4)5/h7-8,10-16,19-20,26H,6,9,17-18,21H2,1-5H3,(H,34,41). The smallest absolute Gasteiger partial charge is 0.407 e. The van der Waals surface area contributed by atoms with Crippen molar-refractivity contribution in [1.82, 2.24) is 24.4 Å². The van der Waals surface area contributed by atoms with Crippen molar-refractivity contribution in [3.05, 3.63) is 106 Å². The Morgan fingerprint density at radius 1 is 1.10 bits per heavy atom. The number of nitrogens with zero attached hydrogens (tertiary/aromatic N) is 4. The third kappa shape index (κ3) is 7.43. The molecule has 1 atom stereocenters. The second-order valence-corrected chi connectivity index (χ2v) is 11.3. The predicted octanol–water partition coefficient (Wildman–Crippen LogP) is 5.50. The zero-order valence-electron chi connectivity index (χ0n) is 24.8. The van der Waals surface area contributed by atoms with Crippen LogP contribution in [0.3, 0.4) is 0 Å². The molecule has 2 aromatic carbocycles. The minimum atomic E-state index is -0.626. The van der Waals surface area contributed by atoms with Crippen molar-refractivity contribution >= 4 is 17.5 Å². The molecule has 0 radical (unpaired) electrons.